The van der Waals surface area contributed by atoms with Gasteiger partial charge < -0.3 is 15.8 Å². The number of carbonyl (C=O) groups excluding carboxylic acids is 1. The lowest BCUT2D eigenvalue weighted by atomic mass is 10.1. The van der Waals surface area contributed by atoms with Crippen LogP contribution in [0.15, 0.2) is 34.1 Å². The lowest BCUT2D eigenvalue weighted by molar-refractivity contribution is 0.0601. The fourth-order valence-electron chi connectivity index (χ4n) is 1.60. The fraction of sp³-hybridized carbons (Fsp3) is 0.154. The Kier molecular flexibility index (Phi) is 4.44. The zero-order valence-electron chi connectivity index (χ0n) is 10.3. The maximum atomic E-state index is 11.4. The summed E-state index contributed by atoms with van der Waals surface area (Å²) < 4.78 is 5.74. The van der Waals surface area contributed by atoms with Crippen LogP contribution in [0.2, 0.25) is 0 Å². The highest BCUT2D eigenvalue weighted by Crippen LogP contribution is 2.25. The molecule has 0 bridgehead atoms. The maximum absolute atomic E-state index is 11.4. The predicted octanol–water partition coefficient (Wildman–Crippen LogP) is 3.49. The molecule has 0 atom stereocenters. The largest absolute Gasteiger partial charge is 0.465 e. The van der Waals surface area contributed by atoms with Crippen LogP contribution in [0.5, 0.6) is 0 Å². The molecule has 0 aliphatic rings. The van der Waals surface area contributed by atoms with E-state index in [1.54, 1.807) is 29.5 Å². The molecule has 1 aromatic carbocycles. The molecule has 0 saturated carbocycles. The van der Waals surface area contributed by atoms with Gasteiger partial charge in [0.1, 0.15) is 0 Å². The molecule has 0 radical (unpaired) electrons. The predicted molar refractivity (Wildman–Crippen MR) is 81.5 cm³/mol. The summed E-state index contributed by atoms with van der Waals surface area (Å²) in [6, 6.07) is 9.13. The van der Waals surface area contributed by atoms with Crippen molar-refractivity contribution >= 4 is 44.6 Å². The van der Waals surface area contributed by atoms with Crippen molar-refractivity contribution in [3.63, 3.8) is 0 Å². The van der Waals surface area contributed by atoms with Gasteiger partial charge in [0.2, 0.25) is 0 Å². The number of carbonyl (C=O) groups is 1. The van der Waals surface area contributed by atoms with E-state index in [1.165, 1.54) is 12.0 Å². The van der Waals surface area contributed by atoms with E-state index in [0.29, 0.717) is 17.8 Å². The third-order valence-electron chi connectivity index (χ3n) is 2.55. The number of halogens is 1. The summed E-state index contributed by atoms with van der Waals surface area (Å²) in [6.45, 7) is 0.692. The number of rotatable bonds is 4. The van der Waals surface area contributed by atoms with E-state index >= 15 is 0 Å². The highest BCUT2D eigenvalue weighted by atomic mass is 79.9. The Bertz CT molecular complexity index is 598. The first kappa shape index (κ1) is 13.9. The summed E-state index contributed by atoms with van der Waals surface area (Å²) in [5.74, 6) is -0.388. The van der Waals surface area contributed by atoms with Gasteiger partial charge in [-0.05, 0) is 46.3 Å². The monoisotopic (exact) mass is 340 g/mol. The van der Waals surface area contributed by atoms with E-state index in [1.807, 2.05) is 12.1 Å². The van der Waals surface area contributed by atoms with Crippen molar-refractivity contribution in [1.82, 2.24) is 0 Å². The number of hydrogen-bond donors (Lipinski definition) is 2. The Morgan fingerprint density at radius 3 is 2.79 bits per heavy atom. The molecular formula is C13H13BrN2O2S. The lowest BCUT2D eigenvalue weighted by Crippen LogP contribution is -2.05. The molecule has 0 spiro atoms. The molecule has 2 aromatic rings. The zero-order chi connectivity index (χ0) is 13.8. The topological polar surface area (TPSA) is 64.3 Å². The van der Waals surface area contributed by atoms with Crippen molar-refractivity contribution in [2.45, 2.75) is 6.54 Å². The summed E-state index contributed by atoms with van der Waals surface area (Å²) >= 11 is 5.08. The molecule has 1 aromatic heterocycles. The van der Waals surface area contributed by atoms with Crippen LogP contribution in [0.4, 0.5) is 11.4 Å². The van der Waals surface area contributed by atoms with Crippen LogP contribution in [0.3, 0.4) is 0 Å². The first-order chi connectivity index (χ1) is 9.10. The number of benzene rings is 1. The second kappa shape index (κ2) is 6.08. The van der Waals surface area contributed by atoms with Crippen molar-refractivity contribution in [3.8, 4) is 0 Å². The maximum Gasteiger partial charge on any atom is 0.337 e. The van der Waals surface area contributed by atoms with Crippen molar-refractivity contribution in [2.75, 3.05) is 18.2 Å². The van der Waals surface area contributed by atoms with Gasteiger partial charge in [-0.3, -0.25) is 0 Å². The Morgan fingerprint density at radius 1 is 1.42 bits per heavy atom. The van der Waals surface area contributed by atoms with Crippen LogP contribution in [0.25, 0.3) is 0 Å². The van der Waals surface area contributed by atoms with Crippen LogP contribution in [0, 0.1) is 0 Å². The van der Waals surface area contributed by atoms with E-state index in [2.05, 4.69) is 26.0 Å². The third kappa shape index (κ3) is 3.48. The molecule has 1 heterocycles. The van der Waals surface area contributed by atoms with Crippen LogP contribution >= 0.6 is 27.3 Å². The molecule has 0 aliphatic carbocycles. The molecule has 0 saturated heterocycles. The molecule has 100 valence electrons. The first-order valence-corrected chi connectivity index (χ1v) is 7.17. The summed E-state index contributed by atoms with van der Waals surface area (Å²) in [6.07, 6.45) is 0. The number of thiophene rings is 1. The molecule has 6 heteroatoms. The van der Waals surface area contributed by atoms with Crippen LogP contribution in [-0.4, -0.2) is 13.1 Å². The molecule has 2 rings (SSSR count). The van der Waals surface area contributed by atoms with Crippen LogP contribution < -0.4 is 11.1 Å². The van der Waals surface area contributed by atoms with Crippen LogP contribution in [0.1, 0.15) is 15.2 Å². The Morgan fingerprint density at radius 2 is 2.21 bits per heavy atom. The van der Waals surface area contributed by atoms with Crippen LogP contribution in [-0.2, 0) is 11.3 Å². The average molecular weight is 341 g/mol. The molecule has 0 fully saturated rings. The van der Waals surface area contributed by atoms with Gasteiger partial charge in [-0.2, -0.15) is 0 Å². The van der Waals surface area contributed by atoms with Crippen molar-refractivity contribution in [2.24, 2.45) is 0 Å². The molecule has 3 N–H and O–H groups in total. The second-order valence-electron chi connectivity index (χ2n) is 3.85. The normalized spacial score (nSPS) is 10.2. The standard InChI is InChI=1S/C13H13BrN2O2S/c1-18-13(17)8-2-4-11(10(15)6-8)16-7-9-3-5-12(14)19-9/h2-6,16H,7,15H2,1H3. The Balaban J connectivity index is 2.07. The molecular weight excluding hydrogens is 328 g/mol. The number of esters is 1. The highest BCUT2D eigenvalue weighted by Gasteiger charge is 2.08. The van der Waals surface area contributed by atoms with Crippen molar-refractivity contribution < 1.29 is 9.53 Å². The lowest BCUT2D eigenvalue weighted by Gasteiger charge is -2.09. The first-order valence-electron chi connectivity index (χ1n) is 5.56. The fourth-order valence-corrected chi connectivity index (χ4v) is 3.02. The number of nitrogens with one attached hydrogen (secondary N) is 1. The van der Waals surface area contributed by atoms with Gasteiger partial charge in [0.05, 0.1) is 27.8 Å². The second-order valence-corrected chi connectivity index (χ2v) is 6.40. The minimum absolute atomic E-state index is 0.388. The number of methoxy groups -OCH3 is 1. The minimum atomic E-state index is -0.388. The summed E-state index contributed by atoms with van der Waals surface area (Å²) in [5.41, 5.74) is 7.68. The quantitative estimate of drug-likeness (QED) is 0.660. The molecule has 0 aliphatic heterocycles. The number of hydrogen-bond acceptors (Lipinski definition) is 5. The molecule has 4 nitrogen and oxygen atoms in total. The van der Waals surface area contributed by atoms with Crippen molar-refractivity contribution in [1.29, 1.82) is 0 Å². The Hall–Kier alpha value is -1.53. The van der Waals surface area contributed by atoms with Gasteiger partial charge in [-0.1, -0.05) is 0 Å². The van der Waals surface area contributed by atoms with Gasteiger partial charge in [0, 0.05) is 11.4 Å². The number of nitrogen functional groups attached to an aromatic ring is 1. The van der Waals surface area contributed by atoms with Gasteiger partial charge in [0.15, 0.2) is 0 Å². The van der Waals surface area contributed by atoms with Gasteiger partial charge >= 0.3 is 5.97 Å². The summed E-state index contributed by atoms with van der Waals surface area (Å²) in [4.78, 5) is 12.6. The van der Waals surface area contributed by atoms with Gasteiger partial charge in [0.25, 0.3) is 0 Å². The van der Waals surface area contributed by atoms with E-state index in [0.717, 1.165) is 9.47 Å². The number of ether oxygens (including phenoxy) is 1. The minimum Gasteiger partial charge on any atom is -0.465 e. The van der Waals surface area contributed by atoms with E-state index in [-0.39, 0.29) is 5.97 Å². The summed E-state index contributed by atoms with van der Waals surface area (Å²) in [5, 5.41) is 3.24. The number of anilines is 2. The summed E-state index contributed by atoms with van der Waals surface area (Å²) in [7, 11) is 1.35. The molecule has 0 unspecified atom stereocenters. The van der Waals surface area contributed by atoms with E-state index in [4.69, 9.17) is 5.73 Å². The average Bonchev–Trinajstić information content (AvgIpc) is 2.82. The number of nitrogens with two attached hydrogens (primary N) is 1. The highest BCUT2D eigenvalue weighted by molar-refractivity contribution is 9.11. The van der Waals surface area contributed by atoms with E-state index in [9.17, 15) is 4.79 Å². The SMILES string of the molecule is COC(=O)c1ccc(NCc2ccc(Br)s2)c(N)c1. The van der Waals surface area contributed by atoms with Gasteiger partial charge in [-0.25, -0.2) is 4.79 Å². The molecule has 19 heavy (non-hydrogen) atoms. The van der Waals surface area contributed by atoms with Gasteiger partial charge in [-0.15, -0.1) is 11.3 Å². The third-order valence-corrected chi connectivity index (χ3v) is 4.18. The Labute approximate surface area is 123 Å². The van der Waals surface area contributed by atoms with E-state index < -0.39 is 0 Å². The molecule has 0 amide bonds. The zero-order valence-corrected chi connectivity index (χ0v) is 12.7. The van der Waals surface area contributed by atoms with Crippen molar-refractivity contribution in [3.05, 3.63) is 44.6 Å². The smallest absolute Gasteiger partial charge is 0.337 e.